The maximum Gasteiger partial charge on any atom is 0.323 e. The van der Waals surface area contributed by atoms with Crippen LogP contribution in [0, 0.1) is 0 Å². The molecule has 0 bridgehead atoms. The smallest absolute Gasteiger partial charge is 0.323 e. The Hall–Kier alpha value is -1.47. The van der Waals surface area contributed by atoms with Gasteiger partial charge in [0.2, 0.25) is 5.91 Å². The molecule has 0 saturated carbocycles. The zero-order valence-electron chi connectivity index (χ0n) is 12.6. The minimum absolute atomic E-state index is 0.0208. The van der Waals surface area contributed by atoms with E-state index in [4.69, 9.17) is 0 Å². The molecule has 1 fully saturated rings. The molecule has 1 aromatic heterocycles. The lowest BCUT2D eigenvalue weighted by atomic mass is 9.99. The molecule has 1 atom stereocenters. The van der Waals surface area contributed by atoms with Gasteiger partial charge in [-0.15, -0.1) is 11.3 Å². The van der Waals surface area contributed by atoms with E-state index in [1.807, 2.05) is 10.3 Å². The maximum absolute atomic E-state index is 11.7. The van der Waals surface area contributed by atoms with Crippen molar-refractivity contribution in [2.45, 2.75) is 38.3 Å². The zero-order chi connectivity index (χ0) is 15.6. The minimum Gasteiger partial charge on any atom is -0.480 e. The van der Waals surface area contributed by atoms with E-state index in [-0.39, 0.29) is 5.91 Å². The maximum atomic E-state index is 11.7. The van der Waals surface area contributed by atoms with Crippen molar-refractivity contribution in [3.05, 3.63) is 16.1 Å². The molecule has 1 aliphatic heterocycles. The Morgan fingerprint density at radius 3 is 2.86 bits per heavy atom. The lowest BCUT2D eigenvalue weighted by Gasteiger charge is -2.30. The summed E-state index contributed by atoms with van der Waals surface area (Å²) in [7, 11) is 3.44. The van der Waals surface area contributed by atoms with Crippen molar-refractivity contribution < 1.29 is 14.7 Å². The number of thiazole rings is 1. The molecule has 7 heteroatoms. The first-order chi connectivity index (χ1) is 9.83. The van der Waals surface area contributed by atoms with Gasteiger partial charge in [0.1, 0.15) is 10.5 Å². The molecule has 0 spiro atoms. The summed E-state index contributed by atoms with van der Waals surface area (Å²) in [6, 6.07) is 0. The van der Waals surface area contributed by atoms with E-state index in [1.54, 1.807) is 25.9 Å². The van der Waals surface area contributed by atoms with E-state index in [1.165, 1.54) is 11.3 Å². The van der Waals surface area contributed by atoms with Crippen LogP contribution in [0.15, 0.2) is 5.38 Å². The highest BCUT2D eigenvalue weighted by Gasteiger charge is 2.43. The van der Waals surface area contributed by atoms with Gasteiger partial charge in [-0.05, 0) is 26.3 Å². The van der Waals surface area contributed by atoms with Gasteiger partial charge >= 0.3 is 5.97 Å². The molecule has 1 unspecified atom stereocenters. The Bertz CT molecular complexity index is 543. The van der Waals surface area contributed by atoms with E-state index in [0.717, 1.165) is 23.7 Å². The molecule has 116 valence electrons. The molecule has 2 heterocycles. The first-order valence-electron chi connectivity index (χ1n) is 6.95. The quantitative estimate of drug-likeness (QED) is 0.885. The van der Waals surface area contributed by atoms with Gasteiger partial charge in [0.25, 0.3) is 0 Å². The lowest BCUT2D eigenvalue weighted by Crippen LogP contribution is -2.47. The van der Waals surface area contributed by atoms with Gasteiger partial charge in [0, 0.05) is 26.0 Å². The molecule has 0 aromatic carbocycles. The molecule has 6 nitrogen and oxygen atoms in total. The van der Waals surface area contributed by atoms with E-state index in [2.05, 4.69) is 4.98 Å². The van der Waals surface area contributed by atoms with Crippen LogP contribution in [0.2, 0.25) is 0 Å². The highest BCUT2D eigenvalue weighted by atomic mass is 32.1. The van der Waals surface area contributed by atoms with Crippen LogP contribution in [-0.2, 0) is 22.6 Å². The largest absolute Gasteiger partial charge is 0.480 e. The highest BCUT2D eigenvalue weighted by Crippen LogP contribution is 2.31. The predicted octanol–water partition coefficient (Wildman–Crippen LogP) is 1.21. The van der Waals surface area contributed by atoms with Crippen LogP contribution in [0.5, 0.6) is 0 Å². The first kappa shape index (κ1) is 15.9. The molecular weight excluding hydrogens is 290 g/mol. The number of carbonyl (C=O) groups excluding carboxylic acids is 1. The second-order valence-electron chi connectivity index (χ2n) is 5.80. The fourth-order valence-corrected chi connectivity index (χ4v) is 3.28. The van der Waals surface area contributed by atoms with Crippen LogP contribution < -0.4 is 0 Å². The van der Waals surface area contributed by atoms with Gasteiger partial charge in [-0.3, -0.25) is 14.5 Å². The van der Waals surface area contributed by atoms with Crippen LogP contribution in [0.1, 0.15) is 30.5 Å². The summed E-state index contributed by atoms with van der Waals surface area (Å²) >= 11 is 1.45. The first-order valence-corrected chi connectivity index (χ1v) is 7.83. The lowest BCUT2D eigenvalue weighted by molar-refractivity contribution is -0.149. The van der Waals surface area contributed by atoms with Crippen LogP contribution in [0.25, 0.3) is 0 Å². The van der Waals surface area contributed by atoms with Crippen LogP contribution in [0.3, 0.4) is 0 Å². The number of nitrogens with zero attached hydrogens (tertiary/aromatic N) is 3. The van der Waals surface area contributed by atoms with Gasteiger partial charge in [-0.25, -0.2) is 4.98 Å². The van der Waals surface area contributed by atoms with E-state index >= 15 is 0 Å². The summed E-state index contributed by atoms with van der Waals surface area (Å²) < 4.78 is 0. The van der Waals surface area contributed by atoms with Crippen molar-refractivity contribution in [1.29, 1.82) is 0 Å². The van der Waals surface area contributed by atoms with Gasteiger partial charge in [0.05, 0.1) is 12.1 Å². The van der Waals surface area contributed by atoms with E-state index in [9.17, 15) is 14.7 Å². The third kappa shape index (κ3) is 3.41. The molecule has 1 aromatic rings. The molecule has 0 aliphatic carbocycles. The number of carboxylic acids is 1. The third-order valence-electron chi connectivity index (χ3n) is 4.00. The zero-order valence-corrected chi connectivity index (χ0v) is 13.4. The molecule has 2 rings (SSSR count). The second-order valence-corrected chi connectivity index (χ2v) is 6.74. The van der Waals surface area contributed by atoms with Crippen LogP contribution >= 0.6 is 11.3 Å². The van der Waals surface area contributed by atoms with Crippen LogP contribution in [0.4, 0.5) is 0 Å². The molecule has 21 heavy (non-hydrogen) atoms. The SMILES string of the molecule is CN(C)C(=O)Cc1nc(CN2CCCC2(C)C(=O)O)cs1. The number of carboxylic acid groups (broad SMARTS) is 1. The summed E-state index contributed by atoms with van der Waals surface area (Å²) in [4.78, 5) is 31.1. The number of likely N-dealkylation sites (N-methyl/N-ethyl adjacent to an activating group) is 1. The highest BCUT2D eigenvalue weighted by molar-refractivity contribution is 7.09. The Kier molecular flexibility index (Phi) is 4.63. The minimum atomic E-state index is -0.802. The molecule has 1 amide bonds. The summed E-state index contributed by atoms with van der Waals surface area (Å²) in [5.41, 5.74) is 0.0411. The second kappa shape index (κ2) is 6.11. The van der Waals surface area contributed by atoms with Crippen LogP contribution in [-0.4, -0.2) is 57.9 Å². The van der Waals surface area contributed by atoms with Gasteiger partial charge in [-0.1, -0.05) is 0 Å². The number of hydrogen-bond acceptors (Lipinski definition) is 5. The van der Waals surface area contributed by atoms with Gasteiger partial charge < -0.3 is 10.0 Å². The normalized spacial score (nSPS) is 22.4. The topological polar surface area (TPSA) is 73.7 Å². The Balaban J connectivity index is 2.03. The molecular formula is C14H21N3O3S. The Labute approximate surface area is 128 Å². The van der Waals surface area contributed by atoms with Crippen molar-refractivity contribution in [2.75, 3.05) is 20.6 Å². The van der Waals surface area contributed by atoms with Crippen molar-refractivity contribution in [3.8, 4) is 0 Å². The molecule has 1 saturated heterocycles. The number of likely N-dealkylation sites (tertiary alicyclic amines) is 1. The average Bonchev–Trinajstić information content (AvgIpc) is 2.99. The Morgan fingerprint density at radius 2 is 2.24 bits per heavy atom. The summed E-state index contributed by atoms with van der Waals surface area (Å²) in [5.74, 6) is -0.759. The average molecular weight is 311 g/mol. The Morgan fingerprint density at radius 1 is 1.52 bits per heavy atom. The predicted molar refractivity (Wildman–Crippen MR) is 80.2 cm³/mol. The van der Waals surface area contributed by atoms with Crippen molar-refractivity contribution in [3.63, 3.8) is 0 Å². The van der Waals surface area contributed by atoms with Crippen molar-refractivity contribution in [2.24, 2.45) is 0 Å². The number of aliphatic carboxylic acids is 1. The van der Waals surface area contributed by atoms with Gasteiger partial charge in [0.15, 0.2) is 0 Å². The number of carbonyl (C=O) groups is 2. The fraction of sp³-hybridized carbons (Fsp3) is 0.643. The van der Waals surface area contributed by atoms with Crippen molar-refractivity contribution in [1.82, 2.24) is 14.8 Å². The summed E-state index contributed by atoms with van der Waals surface area (Å²) in [6.45, 7) is 3.06. The molecule has 0 radical (unpaired) electrons. The fourth-order valence-electron chi connectivity index (χ4n) is 2.50. The summed E-state index contributed by atoms with van der Waals surface area (Å²) in [5, 5.41) is 12.1. The van der Waals surface area contributed by atoms with Gasteiger partial charge in [-0.2, -0.15) is 0 Å². The monoisotopic (exact) mass is 311 g/mol. The number of amides is 1. The van der Waals surface area contributed by atoms with Crippen molar-refractivity contribution >= 4 is 23.2 Å². The third-order valence-corrected chi connectivity index (χ3v) is 4.90. The van der Waals surface area contributed by atoms with E-state index < -0.39 is 11.5 Å². The number of rotatable bonds is 5. The molecule has 1 aliphatic rings. The summed E-state index contributed by atoms with van der Waals surface area (Å²) in [6.07, 6.45) is 1.85. The standard InChI is InChI=1S/C14H21N3O3S/c1-14(13(19)20)5-4-6-17(14)8-10-9-21-11(15-10)7-12(18)16(2)3/h9H,4-8H2,1-3H3,(H,19,20). The number of hydrogen-bond donors (Lipinski definition) is 1. The molecule has 1 N–H and O–H groups in total. The van der Waals surface area contributed by atoms with E-state index in [0.29, 0.717) is 19.4 Å². The number of aromatic nitrogens is 1.